The highest BCUT2D eigenvalue weighted by Crippen LogP contribution is 2.30. The van der Waals surface area contributed by atoms with Crippen molar-refractivity contribution in [2.24, 2.45) is 5.73 Å². The van der Waals surface area contributed by atoms with Gasteiger partial charge in [-0.05, 0) is 25.5 Å². The zero-order chi connectivity index (χ0) is 15.4. The monoisotopic (exact) mass is 309 g/mol. The first kappa shape index (κ1) is 15.6. The van der Waals surface area contributed by atoms with Crippen LogP contribution in [0.1, 0.15) is 37.9 Å². The van der Waals surface area contributed by atoms with E-state index in [-0.39, 0.29) is 17.7 Å². The lowest BCUT2D eigenvalue weighted by molar-refractivity contribution is -0.118. The summed E-state index contributed by atoms with van der Waals surface area (Å²) in [4.78, 5) is 15.6. The number of benzene rings is 1. The molecular weight excluding hydrogens is 290 g/mol. The van der Waals surface area contributed by atoms with Crippen LogP contribution in [-0.4, -0.2) is 22.1 Å². The number of nitrogens with zero attached hydrogens (tertiary/aromatic N) is 2. The first-order valence-corrected chi connectivity index (χ1v) is 7.52. The molecule has 0 aliphatic heterocycles. The smallest absolute Gasteiger partial charge is 0.219 e. The third-order valence-corrected chi connectivity index (χ3v) is 3.37. The Labute approximate surface area is 129 Å². The van der Waals surface area contributed by atoms with E-state index in [0.29, 0.717) is 13.2 Å². The van der Waals surface area contributed by atoms with Gasteiger partial charge in [0.1, 0.15) is 17.1 Å². The number of imidazole rings is 1. The molecule has 0 radical (unpaired) electrons. The number of hydrogen-bond acceptors (Lipinski definition) is 3. The Morgan fingerprint density at radius 3 is 2.90 bits per heavy atom. The molecule has 6 heteroatoms. The molecule has 0 bridgehead atoms. The summed E-state index contributed by atoms with van der Waals surface area (Å²) in [5, 5.41) is -0.260. The summed E-state index contributed by atoms with van der Waals surface area (Å²) in [6, 6.07) is 5.76. The largest absolute Gasteiger partial charge is 0.491 e. The van der Waals surface area contributed by atoms with Crippen molar-refractivity contribution in [2.75, 3.05) is 6.61 Å². The number of rotatable bonds is 7. The number of primary amides is 1. The Morgan fingerprint density at radius 2 is 2.29 bits per heavy atom. The van der Waals surface area contributed by atoms with Crippen molar-refractivity contribution in [1.29, 1.82) is 0 Å². The fourth-order valence-corrected chi connectivity index (χ4v) is 2.40. The quantitative estimate of drug-likeness (QED) is 0.799. The van der Waals surface area contributed by atoms with Gasteiger partial charge in [-0.3, -0.25) is 4.79 Å². The molecule has 0 fully saturated rings. The molecular formula is C15H20ClN3O2. The van der Waals surface area contributed by atoms with Crippen molar-refractivity contribution in [3.05, 3.63) is 24.0 Å². The van der Waals surface area contributed by atoms with Gasteiger partial charge in [0.25, 0.3) is 0 Å². The molecule has 2 rings (SSSR count). The summed E-state index contributed by atoms with van der Waals surface area (Å²) in [5.74, 6) is 1.12. The van der Waals surface area contributed by atoms with Crippen LogP contribution in [0.25, 0.3) is 11.0 Å². The maximum absolute atomic E-state index is 11.1. The zero-order valence-electron chi connectivity index (χ0n) is 12.3. The van der Waals surface area contributed by atoms with Crippen LogP contribution in [-0.2, 0) is 11.3 Å². The van der Waals surface area contributed by atoms with Crippen molar-refractivity contribution in [3.8, 4) is 5.75 Å². The van der Waals surface area contributed by atoms with E-state index in [1.807, 2.05) is 29.7 Å². The predicted octanol–water partition coefficient (Wildman–Crippen LogP) is 3.00. The number of para-hydroxylation sites is 1. The molecule has 1 unspecified atom stereocenters. The van der Waals surface area contributed by atoms with E-state index in [1.165, 1.54) is 0 Å². The van der Waals surface area contributed by atoms with Crippen molar-refractivity contribution in [1.82, 2.24) is 9.55 Å². The lowest BCUT2D eigenvalue weighted by Gasteiger charge is -2.09. The van der Waals surface area contributed by atoms with Crippen LogP contribution in [0.15, 0.2) is 18.2 Å². The average molecular weight is 310 g/mol. The summed E-state index contributed by atoms with van der Waals surface area (Å²) in [6.07, 6.45) is 1.18. The summed E-state index contributed by atoms with van der Waals surface area (Å²) in [7, 11) is 0. The lowest BCUT2D eigenvalue weighted by Crippen LogP contribution is -2.15. The number of nitrogens with two attached hydrogens (primary N) is 1. The highest BCUT2D eigenvalue weighted by Gasteiger charge is 2.17. The fourth-order valence-electron chi connectivity index (χ4n) is 2.23. The summed E-state index contributed by atoms with van der Waals surface area (Å²) >= 11 is 6.21. The number of aryl methyl sites for hydroxylation is 1. The standard InChI is InChI=1S/C15H20ClN3O2/c1-3-9-21-12-6-4-5-11-14(12)18-15(10(2)16)19(11)8-7-13(17)20/h4-6,10H,3,7-9H2,1-2H3,(H2,17,20). The fraction of sp³-hybridized carbons (Fsp3) is 0.467. The molecule has 0 aliphatic carbocycles. The van der Waals surface area contributed by atoms with Crippen molar-refractivity contribution in [2.45, 2.75) is 38.6 Å². The van der Waals surface area contributed by atoms with Gasteiger partial charge in [-0.15, -0.1) is 11.6 Å². The van der Waals surface area contributed by atoms with Crippen LogP contribution in [0.3, 0.4) is 0 Å². The van der Waals surface area contributed by atoms with E-state index in [9.17, 15) is 4.79 Å². The summed E-state index contributed by atoms with van der Waals surface area (Å²) in [6.45, 7) is 5.02. The van der Waals surface area contributed by atoms with Crippen molar-refractivity contribution in [3.63, 3.8) is 0 Å². The molecule has 0 saturated carbocycles. The maximum Gasteiger partial charge on any atom is 0.219 e. The minimum atomic E-state index is -0.344. The van der Waals surface area contributed by atoms with Crippen LogP contribution in [0.2, 0.25) is 0 Å². The number of carbonyl (C=O) groups is 1. The van der Waals surface area contributed by atoms with E-state index < -0.39 is 0 Å². The molecule has 1 amide bonds. The van der Waals surface area contributed by atoms with E-state index in [2.05, 4.69) is 11.9 Å². The number of aromatic nitrogens is 2. The summed E-state index contributed by atoms with van der Waals surface area (Å²) < 4.78 is 7.67. The first-order valence-electron chi connectivity index (χ1n) is 7.09. The third kappa shape index (κ3) is 3.47. The summed E-state index contributed by atoms with van der Waals surface area (Å²) in [5.41, 5.74) is 6.93. The maximum atomic E-state index is 11.1. The van der Waals surface area contributed by atoms with E-state index in [4.69, 9.17) is 22.1 Å². The molecule has 114 valence electrons. The molecule has 1 atom stereocenters. The molecule has 1 aromatic carbocycles. The van der Waals surface area contributed by atoms with Gasteiger partial charge in [0.05, 0.1) is 17.5 Å². The van der Waals surface area contributed by atoms with Crippen LogP contribution in [0.4, 0.5) is 0 Å². The predicted molar refractivity (Wildman–Crippen MR) is 83.6 cm³/mol. The average Bonchev–Trinajstić information content (AvgIpc) is 2.82. The molecule has 1 heterocycles. The second-order valence-corrected chi connectivity index (χ2v) is 5.58. The number of ether oxygens (including phenoxy) is 1. The van der Waals surface area contributed by atoms with Crippen molar-refractivity contribution >= 4 is 28.5 Å². The number of hydrogen-bond donors (Lipinski definition) is 1. The Balaban J connectivity index is 2.48. The molecule has 21 heavy (non-hydrogen) atoms. The highest BCUT2D eigenvalue weighted by atomic mass is 35.5. The normalized spacial score (nSPS) is 12.5. The minimum absolute atomic E-state index is 0.252. The van der Waals surface area contributed by atoms with Gasteiger partial charge in [0.2, 0.25) is 5.91 Å². The van der Waals surface area contributed by atoms with Crippen LogP contribution >= 0.6 is 11.6 Å². The van der Waals surface area contributed by atoms with Crippen LogP contribution < -0.4 is 10.5 Å². The van der Waals surface area contributed by atoms with Crippen LogP contribution in [0.5, 0.6) is 5.75 Å². The first-order chi connectivity index (χ1) is 10.0. The molecule has 0 aliphatic rings. The van der Waals surface area contributed by atoms with Gasteiger partial charge in [0.15, 0.2) is 0 Å². The van der Waals surface area contributed by atoms with Gasteiger partial charge >= 0.3 is 0 Å². The van der Waals surface area contributed by atoms with Gasteiger partial charge in [-0.2, -0.15) is 0 Å². The van der Waals surface area contributed by atoms with Gasteiger partial charge in [-0.1, -0.05) is 13.0 Å². The minimum Gasteiger partial charge on any atom is -0.491 e. The Morgan fingerprint density at radius 1 is 1.52 bits per heavy atom. The van der Waals surface area contributed by atoms with E-state index >= 15 is 0 Å². The van der Waals surface area contributed by atoms with Gasteiger partial charge < -0.3 is 15.0 Å². The van der Waals surface area contributed by atoms with Gasteiger partial charge in [-0.25, -0.2) is 4.98 Å². The second-order valence-electron chi connectivity index (χ2n) is 4.93. The Kier molecular flexibility index (Phi) is 5.07. The zero-order valence-corrected chi connectivity index (χ0v) is 13.1. The number of alkyl halides is 1. The molecule has 2 aromatic rings. The van der Waals surface area contributed by atoms with E-state index in [0.717, 1.165) is 29.0 Å². The molecule has 5 nitrogen and oxygen atoms in total. The lowest BCUT2D eigenvalue weighted by atomic mass is 10.3. The number of amides is 1. The van der Waals surface area contributed by atoms with Crippen LogP contribution in [0, 0.1) is 0 Å². The Bertz CT molecular complexity index is 637. The Hall–Kier alpha value is -1.75. The van der Waals surface area contributed by atoms with E-state index in [1.54, 1.807) is 0 Å². The third-order valence-electron chi connectivity index (χ3n) is 3.17. The number of halogens is 1. The number of carbonyl (C=O) groups excluding carboxylic acids is 1. The SMILES string of the molecule is CCCOc1cccc2c1nc(C(C)Cl)n2CCC(N)=O. The molecule has 0 saturated heterocycles. The number of fused-ring (bicyclic) bond motifs is 1. The van der Waals surface area contributed by atoms with Gasteiger partial charge in [0, 0.05) is 13.0 Å². The molecule has 2 N–H and O–H groups in total. The topological polar surface area (TPSA) is 70.1 Å². The van der Waals surface area contributed by atoms with Crippen molar-refractivity contribution < 1.29 is 9.53 Å². The highest BCUT2D eigenvalue weighted by molar-refractivity contribution is 6.20. The molecule has 1 aromatic heterocycles. The molecule has 0 spiro atoms. The second kappa shape index (κ2) is 6.80.